The zero-order valence-electron chi connectivity index (χ0n) is 17.6. The summed E-state index contributed by atoms with van der Waals surface area (Å²) in [5.74, 6) is 0. The third-order valence-corrected chi connectivity index (χ3v) is 31.3. The second kappa shape index (κ2) is 7.75. The van der Waals surface area contributed by atoms with Gasteiger partial charge in [0.1, 0.15) is 0 Å². The van der Waals surface area contributed by atoms with Crippen LogP contribution < -0.4 is 24.8 Å². The van der Waals surface area contributed by atoms with Gasteiger partial charge in [0, 0.05) is 0 Å². The SMILES string of the molecule is C[Si]1(C)O[Si](C)(C)[C]2(C=CC3=C2CCCC3)[Zr+2][C]12C=CC1=C2CCCC1.[Cl-].[Cl-]. The van der Waals surface area contributed by atoms with Gasteiger partial charge in [-0.1, -0.05) is 0 Å². The van der Waals surface area contributed by atoms with E-state index in [0.29, 0.717) is 5.49 Å². The minimum Gasteiger partial charge on any atom is -1.00 e. The summed E-state index contributed by atoms with van der Waals surface area (Å²) in [5, 5.41) is 0. The topological polar surface area (TPSA) is 9.23 Å². The zero-order chi connectivity index (χ0) is 18.2. The molecule has 0 aromatic rings. The fraction of sp³-hybridized carbons (Fsp3) is 0.636. The Bertz CT molecular complexity index is 734. The van der Waals surface area contributed by atoms with Crippen molar-refractivity contribution >= 4 is 16.6 Å². The molecular weight excluding hydrogens is 499 g/mol. The van der Waals surface area contributed by atoms with Crippen LogP contribution in [0.1, 0.15) is 51.4 Å². The molecule has 0 N–H and O–H groups in total. The molecule has 2 unspecified atom stereocenters. The molecule has 0 bridgehead atoms. The number of hydrogen-bond donors (Lipinski definition) is 0. The van der Waals surface area contributed by atoms with Gasteiger partial charge in [0.2, 0.25) is 0 Å². The third-order valence-electron chi connectivity index (χ3n) is 7.85. The summed E-state index contributed by atoms with van der Waals surface area (Å²) >= 11 is -0.765. The summed E-state index contributed by atoms with van der Waals surface area (Å²) < 4.78 is 8.22. The van der Waals surface area contributed by atoms with Crippen LogP contribution in [0.3, 0.4) is 0 Å². The van der Waals surface area contributed by atoms with Crippen LogP contribution >= 0.6 is 0 Å². The number of fused-ring (bicyclic) bond motifs is 2. The molecule has 1 aliphatic heterocycles. The van der Waals surface area contributed by atoms with E-state index in [0.717, 1.165) is 0 Å². The summed E-state index contributed by atoms with van der Waals surface area (Å²) in [7, 11) is -3.53. The van der Waals surface area contributed by atoms with E-state index in [-0.39, 0.29) is 24.8 Å². The van der Waals surface area contributed by atoms with Gasteiger partial charge in [-0.15, -0.1) is 0 Å². The molecule has 4 aliphatic carbocycles. The first-order chi connectivity index (χ1) is 12.3. The minimum absolute atomic E-state index is 0. The van der Waals surface area contributed by atoms with E-state index >= 15 is 0 Å². The van der Waals surface area contributed by atoms with Gasteiger partial charge in [0.15, 0.2) is 0 Å². The normalized spacial score (nSPS) is 36.4. The molecule has 28 heavy (non-hydrogen) atoms. The molecule has 0 aromatic carbocycles. The van der Waals surface area contributed by atoms with Crippen LogP contribution in [0.4, 0.5) is 0 Å². The van der Waals surface area contributed by atoms with E-state index < -0.39 is 39.9 Å². The van der Waals surface area contributed by atoms with Crippen molar-refractivity contribution in [1.29, 1.82) is 0 Å². The van der Waals surface area contributed by atoms with E-state index in [9.17, 15) is 0 Å². The molecule has 2 spiro atoms. The Morgan fingerprint density at radius 2 is 1.11 bits per heavy atom. The Kier molecular flexibility index (Phi) is 6.50. The first-order valence-corrected chi connectivity index (χ1v) is 18.9. The molecule has 6 heteroatoms. The average molecular weight is 531 g/mol. The van der Waals surface area contributed by atoms with Crippen molar-refractivity contribution in [3.63, 3.8) is 0 Å². The maximum Gasteiger partial charge on any atom is -1.00 e. The van der Waals surface area contributed by atoms with Crippen LogP contribution in [0, 0.1) is 0 Å². The number of allylic oxidation sites excluding steroid dienone is 8. The van der Waals surface area contributed by atoms with Crippen LogP contribution in [0.5, 0.6) is 0 Å². The van der Waals surface area contributed by atoms with E-state index in [2.05, 4.69) is 50.5 Å². The van der Waals surface area contributed by atoms with Crippen molar-refractivity contribution < 1.29 is 52.2 Å². The Morgan fingerprint density at radius 3 is 1.54 bits per heavy atom. The maximum absolute atomic E-state index is 7.38. The van der Waals surface area contributed by atoms with Gasteiger partial charge >= 0.3 is 174 Å². The fourth-order valence-corrected chi connectivity index (χ4v) is 30.8. The van der Waals surface area contributed by atoms with Gasteiger partial charge in [0.25, 0.3) is 0 Å². The smallest absolute Gasteiger partial charge is 1.00 e. The van der Waals surface area contributed by atoms with Gasteiger partial charge in [-0.05, 0) is 0 Å². The predicted octanol–water partition coefficient (Wildman–Crippen LogP) is 0.794. The fourth-order valence-electron chi connectivity index (χ4n) is 6.55. The molecule has 1 nitrogen and oxygen atoms in total. The van der Waals surface area contributed by atoms with Crippen LogP contribution in [-0.4, -0.2) is 16.6 Å². The van der Waals surface area contributed by atoms with E-state index in [1.54, 1.807) is 11.1 Å². The molecule has 1 heterocycles. The van der Waals surface area contributed by atoms with E-state index in [4.69, 9.17) is 4.12 Å². The molecule has 0 radical (unpaired) electrons. The molecule has 0 saturated carbocycles. The predicted molar refractivity (Wildman–Crippen MR) is 111 cm³/mol. The van der Waals surface area contributed by atoms with Crippen LogP contribution in [0.15, 0.2) is 46.6 Å². The van der Waals surface area contributed by atoms with Crippen LogP contribution in [0.2, 0.25) is 31.7 Å². The molecule has 5 aliphatic rings. The van der Waals surface area contributed by atoms with Gasteiger partial charge in [-0.2, -0.15) is 0 Å². The van der Waals surface area contributed by atoms with Crippen LogP contribution in [-0.2, 0) is 27.4 Å². The van der Waals surface area contributed by atoms with Crippen molar-refractivity contribution in [1.82, 2.24) is 0 Å². The van der Waals surface area contributed by atoms with Gasteiger partial charge < -0.3 is 24.8 Å². The minimum atomic E-state index is -1.77. The summed E-state index contributed by atoms with van der Waals surface area (Å²) in [4.78, 5) is 0. The molecule has 0 aromatic heterocycles. The maximum atomic E-state index is 7.38. The van der Waals surface area contributed by atoms with Crippen molar-refractivity contribution in [2.24, 2.45) is 0 Å². The quantitative estimate of drug-likeness (QED) is 0.421. The molecule has 2 atom stereocenters. The molecular formula is C22H32Cl2OSi2Zr. The summed E-state index contributed by atoms with van der Waals surface area (Å²) in [6, 6.07) is 0. The van der Waals surface area contributed by atoms with Crippen molar-refractivity contribution in [2.45, 2.75) is 83.0 Å². The Morgan fingerprint density at radius 1 is 0.714 bits per heavy atom. The number of hydrogen-bond acceptors (Lipinski definition) is 1. The third kappa shape index (κ3) is 3.03. The van der Waals surface area contributed by atoms with Crippen molar-refractivity contribution in [3.05, 3.63) is 46.6 Å². The summed E-state index contributed by atoms with van der Waals surface area (Å²) in [6.07, 6.45) is 21.5. The Hall–Kier alpha value is 0.817. The molecule has 152 valence electrons. The Labute approximate surface area is 197 Å². The monoisotopic (exact) mass is 528 g/mol. The number of halogens is 2. The van der Waals surface area contributed by atoms with Crippen molar-refractivity contribution in [2.75, 3.05) is 0 Å². The Balaban J connectivity index is 0.00000112. The standard InChI is InChI=1S/C22H32OSi2.2ClH.Zr/c1-24(2,21-15-13-17-9-5-7-11-19(17)21)23-25(3,4)22-16-14-18-10-6-8-12-20(18)22;;;/h13-16H,5-12H2,1-4H3;2*1H;/q;;;+2/p-2. The molecule has 0 amide bonds. The first kappa shape index (κ1) is 23.5. The van der Waals surface area contributed by atoms with Gasteiger partial charge in [-0.25, -0.2) is 0 Å². The molecule has 1 fully saturated rings. The van der Waals surface area contributed by atoms with Crippen LogP contribution in [0.25, 0.3) is 0 Å². The first-order valence-electron chi connectivity index (χ1n) is 10.6. The van der Waals surface area contributed by atoms with Gasteiger partial charge in [0.05, 0.1) is 0 Å². The van der Waals surface area contributed by atoms with Crippen molar-refractivity contribution in [3.8, 4) is 0 Å². The second-order valence-corrected chi connectivity index (χ2v) is 25.3. The van der Waals surface area contributed by atoms with E-state index in [1.165, 1.54) is 51.4 Å². The van der Waals surface area contributed by atoms with E-state index in [1.807, 2.05) is 11.1 Å². The molecule has 5 rings (SSSR count). The number of rotatable bonds is 0. The summed E-state index contributed by atoms with van der Waals surface area (Å²) in [6.45, 7) is 10.3. The average Bonchev–Trinajstić information content (AvgIpc) is 3.15. The summed E-state index contributed by atoms with van der Waals surface area (Å²) in [5.41, 5.74) is 7.18. The second-order valence-electron chi connectivity index (χ2n) is 9.95. The largest absolute Gasteiger partial charge is 1.00 e. The zero-order valence-corrected chi connectivity index (χ0v) is 23.6. The van der Waals surface area contributed by atoms with Gasteiger partial charge in [-0.3, -0.25) is 0 Å². The molecule has 1 saturated heterocycles.